The number of carbonyl (C=O) groups excluding carboxylic acids is 8. The molecule has 73 heavy (non-hydrogen) atoms. The summed E-state index contributed by atoms with van der Waals surface area (Å²) in [6, 6.07) is 17.5. The number of H-pyrrole nitrogens is 1. The van der Waals surface area contributed by atoms with Gasteiger partial charge in [-0.1, -0.05) is 99.0 Å². The lowest BCUT2D eigenvalue weighted by atomic mass is 9.76. The summed E-state index contributed by atoms with van der Waals surface area (Å²) in [6.45, 7) is 2.22. The molecule has 20 heteroatoms. The maximum Gasteiger partial charge on any atom is 0.246 e. The average molecular weight is 1000 g/mol. The zero-order chi connectivity index (χ0) is 52.3. The van der Waals surface area contributed by atoms with Crippen molar-refractivity contribution in [2.75, 3.05) is 13.1 Å². The summed E-state index contributed by atoms with van der Waals surface area (Å²) in [5.41, 5.74) is 19.3. The number of nitrogens with two attached hydrogens (primary N) is 3. The Morgan fingerprint density at radius 1 is 0.740 bits per heavy atom. The van der Waals surface area contributed by atoms with Crippen LogP contribution in [0.3, 0.4) is 0 Å². The van der Waals surface area contributed by atoms with E-state index in [1.807, 2.05) is 55.5 Å². The fraction of sp³-hybridized carbons (Fsp3) is 0.453. The average Bonchev–Trinajstić information content (AvgIpc) is 3.78. The van der Waals surface area contributed by atoms with E-state index >= 15 is 4.79 Å². The second-order valence-corrected chi connectivity index (χ2v) is 19.0. The van der Waals surface area contributed by atoms with Gasteiger partial charge in [0.15, 0.2) is 5.96 Å². The van der Waals surface area contributed by atoms with Gasteiger partial charge in [0.05, 0.1) is 6.42 Å². The lowest BCUT2D eigenvalue weighted by Gasteiger charge is -2.39. The van der Waals surface area contributed by atoms with Gasteiger partial charge >= 0.3 is 0 Å². The van der Waals surface area contributed by atoms with Crippen LogP contribution in [0.5, 0.6) is 0 Å². The van der Waals surface area contributed by atoms with Gasteiger partial charge in [-0.3, -0.25) is 43.3 Å². The molecule has 20 nitrogen and oxygen atoms in total. The van der Waals surface area contributed by atoms with E-state index in [1.165, 1.54) is 0 Å². The Hall–Kier alpha value is -7.77. The highest BCUT2D eigenvalue weighted by Gasteiger charge is 2.45. The second-order valence-electron chi connectivity index (χ2n) is 19.0. The normalized spacial score (nSPS) is 23.0. The minimum atomic E-state index is -1.67. The number of carbonyl (C=O) groups is 8. The monoisotopic (exact) mass is 1000 g/mol. The first-order chi connectivity index (χ1) is 35.1. The van der Waals surface area contributed by atoms with E-state index in [-0.39, 0.29) is 70.4 Å². The van der Waals surface area contributed by atoms with Gasteiger partial charge in [-0.05, 0) is 73.3 Å². The number of aryl methyl sites for hydroxylation is 1. The second kappa shape index (κ2) is 26.6. The van der Waals surface area contributed by atoms with Crippen LogP contribution in [-0.4, -0.2) is 107 Å². The molecule has 6 rings (SSSR count). The number of aromatic nitrogens is 1. The van der Waals surface area contributed by atoms with Crippen LogP contribution in [0, 0.1) is 0 Å². The van der Waals surface area contributed by atoms with Crippen LogP contribution in [0.25, 0.3) is 10.9 Å². The van der Waals surface area contributed by atoms with Crippen LogP contribution >= 0.6 is 0 Å². The minimum absolute atomic E-state index is 0.0125. The first-order valence-electron chi connectivity index (χ1n) is 25.2. The number of benzene rings is 3. The summed E-state index contributed by atoms with van der Waals surface area (Å²) in [4.78, 5) is 120. The molecule has 1 saturated heterocycles. The van der Waals surface area contributed by atoms with Crippen LogP contribution in [0.4, 0.5) is 0 Å². The zero-order valence-electron chi connectivity index (χ0n) is 41.4. The molecule has 0 radical (unpaired) electrons. The fourth-order valence-corrected chi connectivity index (χ4v) is 9.32. The number of para-hydroxylation sites is 1. The predicted molar refractivity (Wildman–Crippen MR) is 276 cm³/mol. The van der Waals surface area contributed by atoms with Gasteiger partial charge in [-0.15, -0.1) is 0 Å². The standard InChI is InChI=1S/C53H70N12O8/c1-2-3-23-44(66)60-43-30-45(67)57-26-13-5-8-21-39(46(54)68)61-49(71)42(29-36-32-59-38-20-12-11-19-37(36)38)63-47(69)40(22-14-27-58-52(55)56)62-48(70)41(28-33-15-6-4-7-16-33)64-51(73)53(65-50(43)72)25-24-34-17-9-10-18-35(34)31-53/h4,6-7,9-12,15-20,32,39-43,59H,2-3,5,8,13-14,21-31H2,1H3,(H2,54,68)(H,57,67)(H,60,66)(H,61,71)(H,62,70)(H,63,69)(H,64,73)(H,65,72)(H4,55,56,58)/t39-,40-,41+,42-,43-,53?/m0/s1. The number of primary amides is 1. The molecule has 2 aliphatic rings. The van der Waals surface area contributed by atoms with Crippen molar-refractivity contribution < 1.29 is 38.4 Å². The van der Waals surface area contributed by atoms with Crippen molar-refractivity contribution in [2.45, 2.75) is 139 Å². The van der Waals surface area contributed by atoms with Crippen LogP contribution in [-0.2, 0) is 64.0 Å². The maximum atomic E-state index is 15.2. The summed E-state index contributed by atoms with van der Waals surface area (Å²) in [5, 5.41) is 20.7. The molecule has 0 saturated carbocycles. The van der Waals surface area contributed by atoms with Gasteiger partial charge in [0.25, 0.3) is 0 Å². The number of unbranched alkanes of at least 4 members (excludes halogenated alkanes) is 1. The number of aromatic amines is 1. The smallest absolute Gasteiger partial charge is 0.246 e. The highest BCUT2D eigenvalue weighted by molar-refractivity contribution is 6.00. The number of nitrogens with zero attached hydrogens (tertiary/aromatic N) is 1. The Labute approximate surface area is 425 Å². The highest BCUT2D eigenvalue weighted by Crippen LogP contribution is 2.30. The molecule has 1 spiro atoms. The lowest BCUT2D eigenvalue weighted by molar-refractivity contribution is -0.139. The number of rotatable bonds is 13. The Bertz CT molecular complexity index is 2620. The molecule has 1 aromatic heterocycles. The largest absolute Gasteiger partial charge is 0.370 e. The number of guanidine groups is 1. The van der Waals surface area contributed by atoms with Crippen molar-refractivity contribution in [3.05, 3.63) is 107 Å². The summed E-state index contributed by atoms with van der Waals surface area (Å²) in [7, 11) is 0. The molecule has 6 atom stereocenters. The first-order valence-corrected chi connectivity index (χ1v) is 25.2. The Balaban J connectivity index is 1.39. The lowest BCUT2D eigenvalue weighted by Crippen LogP contribution is -2.67. The van der Waals surface area contributed by atoms with Crippen LogP contribution in [0.2, 0.25) is 0 Å². The number of amides is 8. The SMILES string of the molecule is CCCCC(=O)N[C@H]1CC(=O)NCCCCC[C@@H](C(N)=O)NC(=O)[C@H](Cc2c[nH]c3ccccc23)NC(=O)[C@H](CCCN=C(N)N)NC(=O)[C@@H](Cc2ccccc2)NC(=O)C2(CCc3ccccc3C2)NC1=O. The van der Waals surface area contributed by atoms with E-state index in [1.54, 1.807) is 36.5 Å². The van der Waals surface area contributed by atoms with Crippen LogP contribution in [0.1, 0.15) is 99.8 Å². The van der Waals surface area contributed by atoms with Crippen molar-refractivity contribution in [2.24, 2.45) is 22.2 Å². The molecule has 1 aliphatic carbocycles. The van der Waals surface area contributed by atoms with E-state index < -0.39 is 89.4 Å². The van der Waals surface area contributed by atoms with Gasteiger partial charge in [-0.25, -0.2) is 0 Å². The molecular weight excluding hydrogens is 933 g/mol. The minimum Gasteiger partial charge on any atom is -0.370 e. The van der Waals surface area contributed by atoms with Crippen molar-refractivity contribution >= 4 is 64.1 Å². The molecule has 2 heterocycles. The molecule has 14 N–H and O–H groups in total. The quantitative estimate of drug-likeness (QED) is 0.0517. The number of nitrogens with one attached hydrogen (secondary N) is 8. The third-order valence-electron chi connectivity index (χ3n) is 13.4. The number of fused-ring (bicyclic) bond motifs is 2. The van der Waals surface area contributed by atoms with Gasteiger partial charge in [0.2, 0.25) is 47.3 Å². The van der Waals surface area contributed by atoms with Crippen LogP contribution < -0.4 is 54.4 Å². The highest BCUT2D eigenvalue weighted by atomic mass is 16.2. The summed E-state index contributed by atoms with van der Waals surface area (Å²) >= 11 is 0. The fourth-order valence-electron chi connectivity index (χ4n) is 9.32. The van der Waals surface area contributed by atoms with Crippen LogP contribution in [0.15, 0.2) is 90.1 Å². The molecule has 1 unspecified atom stereocenters. The number of hydrogen-bond donors (Lipinski definition) is 11. The Kier molecular flexibility index (Phi) is 19.9. The topological polar surface area (TPSA) is 327 Å². The van der Waals surface area contributed by atoms with E-state index in [2.05, 4.69) is 47.2 Å². The first kappa shape index (κ1) is 54.6. The van der Waals surface area contributed by atoms with Gasteiger partial charge in [0, 0.05) is 55.9 Å². The summed E-state index contributed by atoms with van der Waals surface area (Å²) in [6.07, 6.45) is 4.86. The predicted octanol–water partition coefficient (Wildman–Crippen LogP) is 1.23. The molecule has 4 aromatic rings. The van der Waals surface area contributed by atoms with E-state index in [0.29, 0.717) is 49.7 Å². The molecule has 8 amide bonds. The molecule has 0 bridgehead atoms. The summed E-state index contributed by atoms with van der Waals surface area (Å²) < 4.78 is 0. The molecular formula is C53H70N12O8. The van der Waals surface area contributed by atoms with E-state index in [4.69, 9.17) is 17.2 Å². The van der Waals surface area contributed by atoms with Gasteiger partial charge < -0.3 is 59.4 Å². The Morgan fingerprint density at radius 2 is 1.42 bits per heavy atom. The third kappa shape index (κ3) is 15.9. The van der Waals surface area contributed by atoms with E-state index in [0.717, 1.165) is 22.0 Å². The number of hydrogen-bond acceptors (Lipinski definition) is 9. The third-order valence-corrected chi connectivity index (χ3v) is 13.4. The van der Waals surface area contributed by atoms with Crippen molar-refractivity contribution in [3.8, 4) is 0 Å². The Morgan fingerprint density at radius 3 is 2.18 bits per heavy atom. The van der Waals surface area contributed by atoms with Gasteiger partial charge in [-0.2, -0.15) is 0 Å². The molecule has 3 aromatic carbocycles. The van der Waals surface area contributed by atoms with Crippen molar-refractivity contribution in [1.29, 1.82) is 0 Å². The molecule has 390 valence electrons. The van der Waals surface area contributed by atoms with E-state index in [9.17, 15) is 33.6 Å². The summed E-state index contributed by atoms with van der Waals surface area (Å²) in [5.74, 6) is -5.56. The maximum absolute atomic E-state index is 15.2. The molecule has 1 aliphatic heterocycles. The molecule has 1 fully saturated rings. The van der Waals surface area contributed by atoms with Gasteiger partial charge in [0.1, 0.15) is 35.7 Å². The van der Waals surface area contributed by atoms with Crippen molar-refractivity contribution in [1.82, 2.24) is 42.2 Å². The zero-order valence-corrected chi connectivity index (χ0v) is 41.4. The number of aliphatic imine (C=N–C) groups is 1. The van der Waals surface area contributed by atoms with Crippen molar-refractivity contribution in [3.63, 3.8) is 0 Å².